The predicted octanol–water partition coefficient (Wildman–Crippen LogP) is 4.17. The number of hydrogen-bond acceptors (Lipinski definition) is 2. The molecule has 0 fully saturated rings. The zero-order valence-corrected chi connectivity index (χ0v) is 11.0. The van der Waals surface area contributed by atoms with E-state index in [9.17, 15) is 10.2 Å². The van der Waals surface area contributed by atoms with Crippen LogP contribution in [0.15, 0.2) is 12.1 Å². The van der Waals surface area contributed by atoms with Gasteiger partial charge in [-0.1, -0.05) is 33.1 Å². The molecule has 0 atom stereocenters. The Bertz CT molecular complexity index is 345. The quantitative estimate of drug-likeness (QED) is 0.551. The van der Waals surface area contributed by atoms with E-state index in [0.717, 1.165) is 43.2 Å². The van der Waals surface area contributed by atoms with Crippen LogP contribution < -0.4 is 0 Å². The summed E-state index contributed by atoms with van der Waals surface area (Å²) in [6.45, 7) is 4.30. The van der Waals surface area contributed by atoms with E-state index in [1.807, 2.05) is 0 Å². The van der Waals surface area contributed by atoms with Crippen LogP contribution >= 0.6 is 0 Å². The molecule has 0 aliphatic carbocycles. The summed E-state index contributed by atoms with van der Waals surface area (Å²) in [5.74, 6) is 0.674. The van der Waals surface area contributed by atoms with Gasteiger partial charge < -0.3 is 10.2 Å². The molecule has 0 heterocycles. The maximum Gasteiger partial charge on any atom is 0.119 e. The number of unbranched alkanes of at least 4 members (excludes halogenated alkanes) is 3. The van der Waals surface area contributed by atoms with Gasteiger partial charge >= 0.3 is 0 Å². The molecule has 2 nitrogen and oxygen atoms in total. The highest BCUT2D eigenvalue weighted by Crippen LogP contribution is 2.31. The third-order valence-corrected chi connectivity index (χ3v) is 3.19. The summed E-state index contributed by atoms with van der Waals surface area (Å²) in [5, 5.41) is 19.8. The summed E-state index contributed by atoms with van der Waals surface area (Å²) >= 11 is 0. The second-order valence-electron chi connectivity index (χ2n) is 4.62. The van der Waals surface area contributed by atoms with Crippen LogP contribution in [0.2, 0.25) is 0 Å². The van der Waals surface area contributed by atoms with Crippen LogP contribution in [0.25, 0.3) is 0 Å². The fourth-order valence-corrected chi connectivity index (χ4v) is 2.13. The molecule has 2 heteroatoms. The van der Waals surface area contributed by atoms with E-state index < -0.39 is 0 Å². The van der Waals surface area contributed by atoms with Crippen molar-refractivity contribution in [3.05, 3.63) is 23.3 Å². The topological polar surface area (TPSA) is 40.5 Å². The number of aromatic hydroxyl groups is 2. The Hall–Kier alpha value is -1.18. The third-order valence-electron chi connectivity index (χ3n) is 3.19. The summed E-state index contributed by atoms with van der Waals surface area (Å²) in [6.07, 6.45) is 7.30. The zero-order valence-electron chi connectivity index (χ0n) is 11.0. The summed E-state index contributed by atoms with van der Waals surface area (Å²) in [5.41, 5.74) is 1.90. The molecule has 0 saturated carbocycles. The Kier molecular flexibility index (Phi) is 5.88. The van der Waals surface area contributed by atoms with Crippen LogP contribution in [0.4, 0.5) is 0 Å². The van der Waals surface area contributed by atoms with Crippen LogP contribution in [0.1, 0.15) is 57.1 Å². The minimum atomic E-state index is 0.336. The van der Waals surface area contributed by atoms with Gasteiger partial charge in [-0.2, -0.15) is 0 Å². The molecular weight excluding hydrogens is 212 g/mol. The minimum Gasteiger partial charge on any atom is -0.508 e. The maximum absolute atomic E-state index is 9.90. The standard InChI is InChI=1S/C15H24O2/c1-3-5-7-9-13-12(8-6-4-2)14(16)10-11-15(13)17/h10-11,16-17H,3-9H2,1-2H3. The summed E-state index contributed by atoms with van der Waals surface area (Å²) in [6, 6.07) is 3.20. The monoisotopic (exact) mass is 236 g/mol. The predicted molar refractivity (Wildman–Crippen MR) is 71.6 cm³/mol. The van der Waals surface area contributed by atoms with Crippen LogP contribution in [-0.2, 0) is 12.8 Å². The van der Waals surface area contributed by atoms with Crippen LogP contribution in [0.3, 0.4) is 0 Å². The van der Waals surface area contributed by atoms with Gasteiger partial charge in [-0.3, -0.25) is 0 Å². The molecule has 0 aromatic heterocycles. The molecular formula is C15H24O2. The lowest BCUT2D eigenvalue weighted by Gasteiger charge is -2.13. The van der Waals surface area contributed by atoms with Gasteiger partial charge in [-0.25, -0.2) is 0 Å². The molecule has 2 N–H and O–H groups in total. The van der Waals surface area contributed by atoms with Crippen molar-refractivity contribution in [2.75, 3.05) is 0 Å². The Balaban J connectivity index is 2.85. The van der Waals surface area contributed by atoms with Crippen molar-refractivity contribution in [1.29, 1.82) is 0 Å². The van der Waals surface area contributed by atoms with E-state index in [2.05, 4.69) is 13.8 Å². The Morgan fingerprint density at radius 3 is 1.71 bits per heavy atom. The second-order valence-corrected chi connectivity index (χ2v) is 4.62. The van der Waals surface area contributed by atoms with Crippen molar-refractivity contribution in [2.24, 2.45) is 0 Å². The molecule has 0 aliphatic rings. The molecule has 1 aromatic rings. The lowest BCUT2D eigenvalue weighted by Crippen LogP contribution is -1.96. The third kappa shape index (κ3) is 3.95. The van der Waals surface area contributed by atoms with Crippen molar-refractivity contribution in [1.82, 2.24) is 0 Å². The van der Waals surface area contributed by atoms with E-state index in [-0.39, 0.29) is 0 Å². The molecule has 1 rings (SSSR count). The van der Waals surface area contributed by atoms with Crippen LogP contribution in [-0.4, -0.2) is 10.2 Å². The fraction of sp³-hybridized carbons (Fsp3) is 0.600. The highest BCUT2D eigenvalue weighted by molar-refractivity contribution is 5.47. The summed E-state index contributed by atoms with van der Waals surface area (Å²) < 4.78 is 0. The highest BCUT2D eigenvalue weighted by atomic mass is 16.3. The average Bonchev–Trinajstić information content (AvgIpc) is 2.33. The first kappa shape index (κ1) is 13.9. The van der Waals surface area contributed by atoms with E-state index in [0.29, 0.717) is 11.5 Å². The summed E-state index contributed by atoms with van der Waals surface area (Å²) in [7, 11) is 0. The van der Waals surface area contributed by atoms with Gasteiger partial charge in [-0.15, -0.1) is 0 Å². The molecule has 0 bridgehead atoms. The number of phenolic OH excluding ortho intramolecular Hbond substituents is 2. The van der Waals surface area contributed by atoms with Gasteiger partial charge in [0.2, 0.25) is 0 Å². The van der Waals surface area contributed by atoms with E-state index in [1.54, 1.807) is 12.1 Å². The highest BCUT2D eigenvalue weighted by Gasteiger charge is 2.11. The smallest absolute Gasteiger partial charge is 0.119 e. The van der Waals surface area contributed by atoms with Gasteiger partial charge in [0.25, 0.3) is 0 Å². The lowest BCUT2D eigenvalue weighted by molar-refractivity contribution is 0.445. The number of benzene rings is 1. The van der Waals surface area contributed by atoms with Gasteiger partial charge in [0.15, 0.2) is 0 Å². The van der Waals surface area contributed by atoms with Gasteiger partial charge in [0.1, 0.15) is 11.5 Å². The Labute approximate surface area is 104 Å². The molecule has 0 aliphatic heterocycles. The van der Waals surface area contributed by atoms with Crippen molar-refractivity contribution < 1.29 is 10.2 Å². The number of hydrogen-bond donors (Lipinski definition) is 2. The Morgan fingerprint density at radius 2 is 1.24 bits per heavy atom. The van der Waals surface area contributed by atoms with Crippen molar-refractivity contribution in [3.63, 3.8) is 0 Å². The first-order valence-corrected chi connectivity index (χ1v) is 6.73. The average molecular weight is 236 g/mol. The van der Waals surface area contributed by atoms with E-state index in [4.69, 9.17) is 0 Å². The largest absolute Gasteiger partial charge is 0.508 e. The van der Waals surface area contributed by atoms with E-state index in [1.165, 1.54) is 12.8 Å². The second kappa shape index (κ2) is 7.21. The maximum atomic E-state index is 9.90. The Morgan fingerprint density at radius 1 is 0.765 bits per heavy atom. The zero-order chi connectivity index (χ0) is 12.7. The number of rotatable bonds is 7. The molecule has 1 aromatic carbocycles. The first-order valence-electron chi connectivity index (χ1n) is 6.73. The molecule has 0 spiro atoms. The normalized spacial score (nSPS) is 10.7. The SMILES string of the molecule is CCCCCc1c(O)ccc(O)c1CCCC. The van der Waals surface area contributed by atoms with Crippen molar-refractivity contribution in [3.8, 4) is 11.5 Å². The van der Waals surface area contributed by atoms with Gasteiger partial charge in [0.05, 0.1) is 0 Å². The molecule has 0 amide bonds. The number of phenols is 2. The van der Waals surface area contributed by atoms with Crippen molar-refractivity contribution >= 4 is 0 Å². The fourth-order valence-electron chi connectivity index (χ4n) is 2.13. The first-order chi connectivity index (χ1) is 8.20. The molecule has 0 unspecified atom stereocenters. The molecule has 96 valence electrons. The summed E-state index contributed by atoms with van der Waals surface area (Å²) in [4.78, 5) is 0. The molecule has 17 heavy (non-hydrogen) atoms. The van der Waals surface area contributed by atoms with Crippen LogP contribution in [0, 0.1) is 0 Å². The van der Waals surface area contributed by atoms with Crippen LogP contribution in [0.5, 0.6) is 11.5 Å². The van der Waals surface area contributed by atoms with Gasteiger partial charge in [0, 0.05) is 11.1 Å². The minimum absolute atomic E-state index is 0.336. The van der Waals surface area contributed by atoms with Crippen molar-refractivity contribution in [2.45, 2.75) is 58.8 Å². The molecule has 0 radical (unpaired) electrons. The lowest BCUT2D eigenvalue weighted by atomic mass is 9.95. The van der Waals surface area contributed by atoms with Gasteiger partial charge in [-0.05, 0) is 37.8 Å². The molecule has 0 saturated heterocycles. The van der Waals surface area contributed by atoms with E-state index >= 15 is 0 Å².